The molecule has 190 valence electrons. The van der Waals surface area contributed by atoms with Crippen LogP contribution in [-0.2, 0) is 32.7 Å². The van der Waals surface area contributed by atoms with Gasteiger partial charge in [-0.15, -0.1) is 0 Å². The van der Waals surface area contributed by atoms with Crippen LogP contribution in [0.1, 0.15) is 22.7 Å². The number of nitrogens with zero attached hydrogens (tertiary/aromatic N) is 2. The lowest BCUT2D eigenvalue weighted by atomic mass is 10.0. The molecule has 0 aliphatic rings. The van der Waals surface area contributed by atoms with Crippen molar-refractivity contribution >= 4 is 45.0 Å². The van der Waals surface area contributed by atoms with Crippen LogP contribution in [-0.4, -0.2) is 49.3 Å². The topological polar surface area (TPSA) is 86.8 Å². The first-order valence-corrected chi connectivity index (χ1v) is 13.7. The number of benzene rings is 3. The Kier molecular flexibility index (Phi) is 9.50. The van der Waals surface area contributed by atoms with E-state index in [1.54, 1.807) is 66.7 Å². The fourth-order valence-corrected chi connectivity index (χ4v) is 4.21. The first-order valence-electron chi connectivity index (χ1n) is 11.1. The van der Waals surface area contributed by atoms with Crippen LogP contribution < -0.4 is 5.32 Å². The zero-order valence-corrected chi connectivity index (χ0v) is 22.2. The molecular formula is C26H27Cl2N3O4S. The summed E-state index contributed by atoms with van der Waals surface area (Å²) in [5, 5.41) is 3.93. The van der Waals surface area contributed by atoms with Crippen molar-refractivity contribution in [1.82, 2.24) is 14.5 Å². The molecule has 1 N–H and O–H groups in total. The zero-order valence-electron chi connectivity index (χ0n) is 19.9. The molecule has 0 aromatic heterocycles. The van der Waals surface area contributed by atoms with Crippen LogP contribution >= 0.6 is 23.2 Å². The number of likely N-dealkylation sites (N-methyl/N-ethyl adjacent to an activating group) is 1. The second-order valence-electron chi connectivity index (χ2n) is 8.29. The Morgan fingerprint density at radius 2 is 1.53 bits per heavy atom. The van der Waals surface area contributed by atoms with E-state index in [2.05, 4.69) is 5.32 Å². The van der Waals surface area contributed by atoms with Gasteiger partial charge in [0.2, 0.25) is 21.8 Å². The third kappa shape index (κ3) is 7.54. The summed E-state index contributed by atoms with van der Waals surface area (Å²) in [6, 6.07) is 21.9. The molecule has 0 saturated heterocycles. The highest BCUT2D eigenvalue weighted by Gasteiger charge is 2.33. The fourth-order valence-electron chi connectivity index (χ4n) is 3.54. The van der Waals surface area contributed by atoms with Gasteiger partial charge in [-0.25, -0.2) is 8.42 Å². The molecule has 2 amide bonds. The Bertz CT molecular complexity index is 1300. The van der Waals surface area contributed by atoms with Crippen LogP contribution in [0.2, 0.25) is 10.0 Å². The van der Waals surface area contributed by atoms with Crippen molar-refractivity contribution in [1.29, 1.82) is 0 Å². The van der Waals surface area contributed by atoms with Gasteiger partial charge in [0.15, 0.2) is 0 Å². The third-order valence-electron chi connectivity index (χ3n) is 5.60. The smallest absolute Gasteiger partial charge is 0.247 e. The third-order valence-corrected chi connectivity index (χ3v) is 7.48. The molecule has 1 atom stereocenters. The van der Waals surface area contributed by atoms with Crippen LogP contribution in [0.4, 0.5) is 0 Å². The standard InChI is InChI=1S/C26H27Cl2N3O4S/c1-30(36(2,34)35)18-24(32)31(17-19-12-14-22(27)15-13-19)25(20-8-4-3-5-9-20)26(33)29-16-21-10-6-7-11-23(21)28/h3-15,25H,16-18H2,1-2H3,(H,29,33). The van der Waals surface area contributed by atoms with Gasteiger partial charge in [0, 0.05) is 30.2 Å². The van der Waals surface area contributed by atoms with Crippen molar-refractivity contribution in [2.75, 3.05) is 19.8 Å². The van der Waals surface area contributed by atoms with E-state index in [0.717, 1.165) is 21.7 Å². The molecule has 0 heterocycles. The number of hydrogen-bond acceptors (Lipinski definition) is 4. The lowest BCUT2D eigenvalue weighted by Crippen LogP contribution is -2.47. The Morgan fingerprint density at radius 3 is 2.14 bits per heavy atom. The summed E-state index contributed by atoms with van der Waals surface area (Å²) >= 11 is 12.3. The second-order valence-corrected chi connectivity index (χ2v) is 11.2. The van der Waals surface area contributed by atoms with E-state index in [-0.39, 0.29) is 13.1 Å². The van der Waals surface area contributed by atoms with Crippen LogP contribution in [0.5, 0.6) is 0 Å². The number of halogens is 2. The summed E-state index contributed by atoms with van der Waals surface area (Å²) in [5.74, 6) is -0.954. The van der Waals surface area contributed by atoms with Gasteiger partial charge >= 0.3 is 0 Å². The first-order chi connectivity index (χ1) is 17.1. The number of amides is 2. The Balaban J connectivity index is 1.98. The van der Waals surface area contributed by atoms with Gasteiger partial charge in [0.05, 0.1) is 12.8 Å². The van der Waals surface area contributed by atoms with Gasteiger partial charge in [-0.05, 0) is 34.9 Å². The largest absolute Gasteiger partial charge is 0.350 e. The molecule has 0 fully saturated rings. The van der Waals surface area contributed by atoms with Gasteiger partial charge in [0.1, 0.15) is 6.04 Å². The van der Waals surface area contributed by atoms with Crippen molar-refractivity contribution < 1.29 is 18.0 Å². The first kappa shape index (κ1) is 27.7. The SMILES string of the molecule is CN(CC(=O)N(Cc1ccc(Cl)cc1)C(C(=O)NCc1ccccc1Cl)c1ccccc1)S(C)(=O)=O. The van der Waals surface area contributed by atoms with Gasteiger partial charge < -0.3 is 10.2 Å². The normalized spacial score (nSPS) is 12.2. The molecule has 0 saturated carbocycles. The Labute approximate surface area is 221 Å². The molecule has 3 rings (SSSR count). The molecule has 0 aliphatic heterocycles. The summed E-state index contributed by atoms with van der Waals surface area (Å²) < 4.78 is 24.9. The quantitative estimate of drug-likeness (QED) is 0.410. The van der Waals surface area contributed by atoms with Crippen molar-refractivity contribution in [3.8, 4) is 0 Å². The molecule has 3 aromatic rings. The predicted octanol–water partition coefficient (Wildman–Crippen LogP) is 4.27. The molecule has 0 bridgehead atoms. The average Bonchev–Trinajstić information content (AvgIpc) is 2.84. The van der Waals surface area contributed by atoms with Crippen molar-refractivity contribution in [3.63, 3.8) is 0 Å². The van der Waals surface area contributed by atoms with Crippen molar-refractivity contribution in [3.05, 3.63) is 106 Å². The lowest BCUT2D eigenvalue weighted by Gasteiger charge is -2.32. The molecule has 0 radical (unpaired) electrons. The van der Waals surface area contributed by atoms with Crippen LogP contribution in [0.25, 0.3) is 0 Å². The molecule has 0 aliphatic carbocycles. The number of carbonyl (C=O) groups excluding carboxylic acids is 2. The monoisotopic (exact) mass is 547 g/mol. The molecule has 3 aromatic carbocycles. The zero-order chi connectivity index (χ0) is 26.3. The van der Waals surface area contributed by atoms with E-state index in [1.165, 1.54) is 11.9 Å². The minimum Gasteiger partial charge on any atom is -0.350 e. The maximum absolute atomic E-state index is 13.6. The number of nitrogens with one attached hydrogen (secondary N) is 1. The molecule has 7 nitrogen and oxygen atoms in total. The fraction of sp³-hybridized carbons (Fsp3) is 0.231. The molecular weight excluding hydrogens is 521 g/mol. The van der Waals surface area contributed by atoms with Crippen LogP contribution in [0, 0.1) is 0 Å². The lowest BCUT2D eigenvalue weighted by molar-refractivity contribution is -0.141. The van der Waals surface area contributed by atoms with Gasteiger partial charge in [0.25, 0.3) is 0 Å². The molecule has 10 heteroatoms. The summed E-state index contributed by atoms with van der Waals surface area (Å²) in [6.45, 7) is -0.200. The highest BCUT2D eigenvalue weighted by atomic mass is 35.5. The molecule has 1 unspecified atom stereocenters. The highest BCUT2D eigenvalue weighted by Crippen LogP contribution is 2.25. The van der Waals surface area contributed by atoms with Crippen molar-refractivity contribution in [2.24, 2.45) is 0 Å². The van der Waals surface area contributed by atoms with Gasteiger partial charge in [-0.2, -0.15) is 4.31 Å². The summed E-state index contributed by atoms with van der Waals surface area (Å²) in [4.78, 5) is 28.5. The highest BCUT2D eigenvalue weighted by molar-refractivity contribution is 7.88. The number of carbonyl (C=O) groups is 2. The Morgan fingerprint density at radius 1 is 0.917 bits per heavy atom. The maximum Gasteiger partial charge on any atom is 0.247 e. The minimum absolute atomic E-state index is 0.0622. The summed E-state index contributed by atoms with van der Waals surface area (Å²) in [5.41, 5.74) is 2.04. The minimum atomic E-state index is -3.62. The summed E-state index contributed by atoms with van der Waals surface area (Å²) in [7, 11) is -2.30. The maximum atomic E-state index is 13.6. The predicted molar refractivity (Wildman–Crippen MR) is 142 cm³/mol. The Hall–Kier alpha value is -2.91. The van der Waals surface area contributed by atoms with E-state index in [0.29, 0.717) is 15.6 Å². The molecule has 36 heavy (non-hydrogen) atoms. The van der Waals surface area contributed by atoms with Crippen LogP contribution in [0.3, 0.4) is 0 Å². The molecule has 0 spiro atoms. The average molecular weight is 548 g/mol. The van der Waals surface area contributed by atoms with E-state index in [1.807, 2.05) is 12.1 Å². The number of hydrogen-bond donors (Lipinski definition) is 1. The van der Waals surface area contributed by atoms with E-state index in [4.69, 9.17) is 23.2 Å². The van der Waals surface area contributed by atoms with E-state index < -0.39 is 34.4 Å². The van der Waals surface area contributed by atoms with Crippen molar-refractivity contribution in [2.45, 2.75) is 19.1 Å². The summed E-state index contributed by atoms with van der Waals surface area (Å²) in [6.07, 6.45) is 1.02. The second kappa shape index (κ2) is 12.4. The van der Waals surface area contributed by atoms with E-state index in [9.17, 15) is 18.0 Å². The van der Waals surface area contributed by atoms with Crippen LogP contribution in [0.15, 0.2) is 78.9 Å². The van der Waals surface area contributed by atoms with Gasteiger partial charge in [-0.3, -0.25) is 9.59 Å². The van der Waals surface area contributed by atoms with Gasteiger partial charge in [-0.1, -0.05) is 83.9 Å². The number of rotatable bonds is 10. The van der Waals surface area contributed by atoms with E-state index >= 15 is 0 Å². The number of sulfonamides is 1.